The summed E-state index contributed by atoms with van der Waals surface area (Å²) in [6.07, 6.45) is 1.27. The van der Waals surface area contributed by atoms with E-state index in [0.29, 0.717) is 12.0 Å². The first-order valence-electron chi connectivity index (χ1n) is 6.32. The van der Waals surface area contributed by atoms with Crippen LogP contribution in [0.5, 0.6) is 0 Å². The normalized spacial score (nSPS) is 13.8. The lowest BCUT2D eigenvalue weighted by Gasteiger charge is -2.24. The number of carbonyl (C=O) groups excluding carboxylic acids is 1. The summed E-state index contributed by atoms with van der Waals surface area (Å²) in [5.74, 6) is -0.261. The highest BCUT2D eigenvalue weighted by atomic mass is 19.1. The van der Waals surface area contributed by atoms with E-state index in [0.717, 1.165) is 17.4 Å². The van der Waals surface area contributed by atoms with Gasteiger partial charge in [-0.2, -0.15) is 0 Å². The molecule has 0 aliphatic carbocycles. The second-order valence-corrected chi connectivity index (χ2v) is 5.17. The molecule has 0 spiro atoms. The fraction of sp³-hybridized carbons (Fsp3) is 0.235. The summed E-state index contributed by atoms with van der Waals surface area (Å²) in [6, 6.07) is 14.4. The Morgan fingerprint density at radius 2 is 1.74 bits per heavy atom. The minimum atomic E-state index is -0.699. The first-order valence-corrected chi connectivity index (χ1v) is 6.32. The van der Waals surface area contributed by atoms with E-state index in [1.807, 2.05) is 38.1 Å². The minimum absolute atomic E-state index is 0.261. The Labute approximate surface area is 113 Å². The molecule has 2 heteroatoms. The minimum Gasteiger partial charge on any atom is -0.302 e. The van der Waals surface area contributed by atoms with Gasteiger partial charge in [0.05, 0.1) is 5.41 Å². The standard InChI is InChI=1S/C17H17FO/c1-13-7-9-15(10-8-13)17(2,12-19)11-14-5-3-4-6-16(14)18/h3-10,12H,11H2,1-2H3. The molecule has 0 amide bonds. The Kier molecular flexibility index (Phi) is 3.79. The van der Waals surface area contributed by atoms with Crippen LogP contribution in [0.3, 0.4) is 0 Å². The predicted molar refractivity (Wildman–Crippen MR) is 74.7 cm³/mol. The maximum atomic E-state index is 13.7. The molecule has 1 unspecified atom stereocenters. The molecule has 0 aliphatic heterocycles. The molecule has 0 fully saturated rings. The summed E-state index contributed by atoms with van der Waals surface area (Å²) in [6.45, 7) is 3.84. The fourth-order valence-corrected chi connectivity index (χ4v) is 2.18. The van der Waals surface area contributed by atoms with Crippen molar-refractivity contribution in [1.29, 1.82) is 0 Å². The van der Waals surface area contributed by atoms with Crippen LogP contribution in [-0.2, 0) is 16.6 Å². The van der Waals surface area contributed by atoms with Crippen LogP contribution in [0.4, 0.5) is 4.39 Å². The van der Waals surface area contributed by atoms with E-state index in [-0.39, 0.29) is 5.82 Å². The van der Waals surface area contributed by atoms with Gasteiger partial charge in [-0.15, -0.1) is 0 Å². The lowest BCUT2D eigenvalue weighted by Crippen LogP contribution is -2.27. The van der Waals surface area contributed by atoms with Crippen molar-refractivity contribution in [3.8, 4) is 0 Å². The maximum absolute atomic E-state index is 13.7. The second kappa shape index (κ2) is 5.35. The van der Waals surface area contributed by atoms with Gasteiger partial charge in [0.1, 0.15) is 12.1 Å². The maximum Gasteiger partial charge on any atom is 0.130 e. The molecule has 0 N–H and O–H groups in total. The van der Waals surface area contributed by atoms with Crippen LogP contribution < -0.4 is 0 Å². The summed E-state index contributed by atoms with van der Waals surface area (Å²) in [5.41, 5.74) is 1.92. The van der Waals surface area contributed by atoms with Gasteiger partial charge in [0.2, 0.25) is 0 Å². The zero-order valence-corrected chi connectivity index (χ0v) is 11.2. The Hall–Kier alpha value is -1.96. The third kappa shape index (κ3) is 2.90. The third-order valence-electron chi connectivity index (χ3n) is 3.49. The summed E-state index contributed by atoms with van der Waals surface area (Å²) in [7, 11) is 0. The molecular weight excluding hydrogens is 239 g/mol. The quantitative estimate of drug-likeness (QED) is 0.760. The van der Waals surface area contributed by atoms with Gasteiger partial charge in [-0.25, -0.2) is 4.39 Å². The molecule has 0 aliphatic rings. The molecule has 0 aromatic heterocycles. The zero-order valence-electron chi connectivity index (χ0n) is 11.2. The number of rotatable bonds is 4. The van der Waals surface area contributed by atoms with Crippen LogP contribution >= 0.6 is 0 Å². The zero-order chi connectivity index (χ0) is 13.9. The van der Waals surface area contributed by atoms with Gasteiger partial charge in [-0.1, -0.05) is 48.0 Å². The van der Waals surface area contributed by atoms with Crippen molar-refractivity contribution in [3.63, 3.8) is 0 Å². The molecule has 0 heterocycles. The molecule has 0 radical (unpaired) electrons. The van der Waals surface area contributed by atoms with E-state index in [4.69, 9.17) is 0 Å². The van der Waals surface area contributed by atoms with Crippen LogP contribution in [0.15, 0.2) is 48.5 Å². The van der Waals surface area contributed by atoms with E-state index in [9.17, 15) is 9.18 Å². The van der Waals surface area contributed by atoms with Crippen LogP contribution in [0.25, 0.3) is 0 Å². The molecule has 19 heavy (non-hydrogen) atoms. The van der Waals surface area contributed by atoms with Gasteiger partial charge in [-0.3, -0.25) is 0 Å². The number of hydrogen-bond acceptors (Lipinski definition) is 1. The molecule has 1 atom stereocenters. The Balaban J connectivity index is 2.35. The van der Waals surface area contributed by atoms with Gasteiger partial charge in [-0.05, 0) is 37.5 Å². The van der Waals surface area contributed by atoms with Crippen molar-refractivity contribution >= 4 is 6.29 Å². The number of carbonyl (C=O) groups is 1. The number of hydrogen-bond donors (Lipinski definition) is 0. The van der Waals surface area contributed by atoms with Gasteiger partial charge in [0, 0.05) is 0 Å². The van der Waals surface area contributed by atoms with Gasteiger partial charge in [0.15, 0.2) is 0 Å². The van der Waals surface area contributed by atoms with Gasteiger partial charge in [0.25, 0.3) is 0 Å². The van der Waals surface area contributed by atoms with E-state index >= 15 is 0 Å². The monoisotopic (exact) mass is 256 g/mol. The summed E-state index contributed by atoms with van der Waals surface area (Å²) in [5, 5.41) is 0. The molecule has 0 bridgehead atoms. The van der Waals surface area contributed by atoms with E-state index in [1.54, 1.807) is 18.2 Å². The predicted octanol–water partition coefficient (Wildman–Crippen LogP) is 3.83. The van der Waals surface area contributed by atoms with Crippen molar-refractivity contribution in [2.45, 2.75) is 25.7 Å². The highest BCUT2D eigenvalue weighted by Crippen LogP contribution is 2.27. The smallest absolute Gasteiger partial charge is 0.130 e. The molecular formula is C17H17FO. The van der Waals surface area contributed by atoms with Gasteiger partial charge < -0.3 is 4.79 Å². The van der Waals surface area contributed by atoms with Crippen molar-refractivity contribution in [2.24, 2.45) is 0 Å². The highest BCUT2D eigenvalue weighted by Gasteiger charge is 2.27. The number of halogens is 1. The van der Waals surface area contributed by atoms with Gasteiger partial charge >= 0.3 is 0 Å². The SMILES string of the molecule is Cc1ccc(C(C)(C=O)Cc2ccccc2F)cc1. The van der Waals surface area contributed by atoms with E-state index < -0.39 is 5.41 Å². The number of aryl methyl sites for hydroxylation is 1. The van der Waals surface area contributed by atoms with Crippen molar-refractivity contribution in [3.05, 3.63) is 71.0 Å². The Bertz CT molecular complexity index is 574. The summed E-state index contributed by atoms with van der Waals surface area (Å²) in [4.78, 5) is 11.5. The molecule has 0 saturated carbocycles. The molecule has 0 saturated heterocycles. The summed E-state index contributed by atoms with van der Waals surface area (Å²) >= 11 is 0. The molecule has 98 valence electrons. The van der Waals surface area contributed by atoms with Crippen molar-refractivity contribution < 1.29 is 9.18 Å². The Morgan fingerprint density at radius 3 is 2.32 bits per heavy atom. The third-order valence-corrected chi connectivity index (χ3v) is 3.49. The lowest BCUT2D eigenvalue weighted by molar-refractivity contribution is -0.112. The average Bonchev–Trinajstić information content (AvgIpc) is 2.42. The fourth-order valence-electron chi connectivity index (χ4n) is 2.18. The topological polar surface area (TPSA) is 17.1 Å². The number of aldehydes is 1. The molecule has 2 aromatic carbocycles. The highest BCUT2D eigenvalue weighted by molar-refractivity contribution is 5.68. The first kappa shape index (κ1) is 13.5. The first-order chi connectivity index (χ1) is 9.05. The number of benzene rings is 2. The lowest BCUT2D eigenvalue weighted by atomic mass is 9.78. The van der Waals surface area contributed by atoms with Crippen molar-refractivity contribution in [1.82, 2.24) is 0 Å². The summed E-state index contributed by atoms with van der Waals surface area (Å²) < 4.78 is 13.7. The van der Waals surface area contributed by atoms with Crippen LogP contribution in [0.1, 0.15) is 23.6 Å². The molecule has 1 nitrogen and oxygen atoms in total. The Morgan fingerprint density at radius 1 is 1.11 bits per heavy atom. The van der Waals surface area contributed by atoms with Crippen LogP contribution in [-0.4, -0.2) is 6.29 Å². The van der Waals surface area contributed by atoms with E-state index in [2.05, 4.69) is 0 Å². The van der Waals surface area contributed by atoms with Crippen molar-refractivity contribution in [2.75, 3.05) is 0 Å². The van der Waals surface area contributed by atoms with Crippen LogP contribution in [0.2, 0.25) is 0 Å². The largest absolute Gasteiger partial charge is 0.302 e. The average molecular weight is 256 g/mol. The second-order valence-electron chi connectivity index (χ2n) is 5.17. The van der Waals surface area contributed by atoms with Crippen LogP contribution in [0, 0.1) is 12.7 Å². The van der Waals surface area contributed by atoms with E-state index in [1.165, 1.54) is 6.07 Å². The molecule has 2 aromatic rings. The molecule has 2 rings (SSSR count).